The molecule has 2 saturated carbocycles. The minimum atomic E-state index is -0.273. The Balaban J connectivity index is 1.78. The van der Waals surface area contributed by atoms with Crippen molar-refractivity contribution < 1.29 is 9.13 Å². The molecule has 2 nitrogen and oxygen atoms in total. The first-order valence-corrected chi connectivity index (χ1v) is 7.87. The van der Waals surface area contributed by atoms with E-state index >= 15 is 0 Å². The predicted octanol–water partition coefficient (Wildman–Crippen LogP) is 4.63. The van der Waals surface area contributed by atoms with Crippen molar-refractivity contribution in [1.82, 2.24) is 0 Å². The van der Waals surface area contributed by atoms with Crippen molar-refractivity contribution in [2.24, 2.45) is 5.41 Å². The van der Waals surface area contributed by atoms with Crippen LogP contribution in [0.3, 0.4) is 0 Å². The maximum atomic E-state index is 13.9. The monoisotopic (exact) mass is 297 g/mol. The molecule has 0 amide bonds. The molecule has 2 atom stereocenters. The second-order valence-corrected chi connectivity index (χ2v) is 6.32. The van der Waals surface area contributed by atoms with E-state index in [2.05, 4.69) is 5.32 Å². The third-order valence-electron chi connectivity index (χ3n) is 4.97. The van der Waals surface area contributed by atoms with Crippen LogP contribution in [0.5, 0.6) is 0 Å². The minimum absolute atomic E-state index is 0.182. The average molecular weight is 298 g/mol. The summed E-state index contributed by atoms with van der Waals surface area (Å²) in [6, 6.07) is 5.09. The number of para-hydroxylation sites is 1. The number of ether oxygens (including phenoxy) is 1. The molecule has 2 fully saturated rings. The van der Waals surface area contributed by atoms with E-state index in [1.54, 1.807) is 12.1 Å². The molecule has 2 unspecified atom stereocenters. The molecule has 1 aromatic carbocycles. The Bertz CT molecular complexity index is 467. The highest BCUT2D eigenvalue weighted by Crippen LogP contribution is 2.56. The molecule has 110 valence electrons. The Labute approximate surface area is 124 Å². The maximum Gasteiger partial charge on any atom is 0.147 e. The second-order valence-electron chi connectivity index (χ2n) is 5.91. The van der Waals surface area contributed by atoms with Crippen LogP contribution in [0.4, 0.5) is 10.1 Å². The van der Waals surface area contributed by atoms with Gasteiger partial charge in [0.25, 0.3) is 0 Å². The molecule has 0 radical (unpaired) electrons. The second kappa shape index (κ2) is 5.53. The molecule has 1 aromatic rings. The Morgan fingerprint density at radius 2 is 2.15 bits per heavy atom. The van der Waals surface area contributed by atoms with Crippen molar-refractivity contribution in [3.05, 3.63) is 29.0 Å². The molecule has 2 aliphatic carbocycles. The van der Waals surface area contributed by atoms with Crippen LogP contribution in [0, 0.1) is 11.2 Å². The van der Waals surface area contributed by atoms with Crippen LogP contribution in [-0.2, 0) is 4.74 Å². The van der Waals surface area contributed by atoms with E-state index in [9.17, 15) is 4.39 Å². The standard InChI is InChI=1S/C16H21ClFNO/c1-2-20-14-10-13(16(14)8-3-4-9-16)19-15-11(17)6-5-7-12(15)18/h5-7,13-14,19H,2-4,8-10H2,1H3. The van der Waals surface area contributed by atoms with Gasteiger partial charge in [0.2, 0.25) is 0 Å². The molecule has 20 heavy (non-hydrogen) atoms. The summed E-state index contributed by atoms with van der Waals surface area (Å²) in [6.45, 7) is 2.79. The third kappa shape index (κ3) is 2.21. The van der Waals surface area contributed by atoms with Gasteiger partial charge in [-0.3, -0.25) is 0 Å². The number of halogens is 2. The van der Waals surface area contributed by atoms with Gasteiger partial charge < -0.3 is 10.1 Å². The van der Waals surface area contributed by atoms with E-state index in [1.165, 1.54) is 31.7 Å². The summed E-state index contributed by atoms with van der Waals surface area (Å²) < 4.78 is 19.8. The summed E-state index contributed by atoms with van der Waals surface area (Å²) in [5.41, 5.74) is 0.627. The highest BCUT2D eigenvalue weighted by atomic mass is 35.5. The average Bonchev–Trinajstić information content (AvgIpc) is 2.93. The quantitative estimate of drug-likeness (QED) is 0.875. The van der Waals surface area contributed by atoms with Crippen molar-refractivity contribution in [2.45, 2.75) is 51.2 Å². The minimum Gasteiger partial charge on any atom is -0.378 e. The Hall–Kier alpha value is -0.800. The van der Waals surface area contributed by atoms with E-state index in [0.717, 1.165) is 13.0 Å². The van der Waals surface area contributed by atoms with Gasteiger partial charge in [-0.15, -0.1) is 0 Å². The van der Waals surface area contributed by atoms with Gasteiger partial charge in [0, 0.05) is 18.1 Å². The van der Waals surface area contributed by atoms with Crippen molar-refractivity contribution in [3.63, 3.8) is 0 Å². The van der Waals surface area contributed by atoms with Crippen molar-refractivity contribution >= 4 is 17.3 Å². The van der Waals surface area contributed by atoms with E-state index in [0.29, 0.717) is 16.8 Å². The number of rotatable bonds is 4. The van der Waals surface area contributed by atoms with E-state index < -0.39 is 0 Å². The fourth-order valence-corrected chi connectivity index (χ4v) is 4.12. The molecule has 0 aliphatic heterocycles. The summed E-state index contributed by atoms with van der Waals surface area (Å²) >= 11 is 6.11. The molecule has 0 aromatic heterocycles. The Morgan fingerprint density at radius 1 is 1.40 bits per heavy atom. The molecule has 1 spiro atoms. The molecule has 0 heterocycles. The zero-order valence-electron chi connectivity index (χ0n) is 11.8. The predicted molar refractivity (Wildman–Crippen MR) is 79.8 cm³/mol. The molecular weight excluding hydrogens is 277 g/mol. The molecular formula is C16H21ClFNO. The number of hydrogen-bond donors (Lipinski definition) is 1. The normalized spacial score (nSPS) is 27.6. The first-order valence-electron chi connectivity index (χ1n) is 7.49. The number of anilines is 1. The topological polar surface area (TPSA) is 21.3 Å². The van der Waals surface area contributed by atoms with Gasteiger partial charge in [-0.25, -0.2) is 4.39 Å². The van der Waals surface area contributed by atoms with Gasteiger partial charge in [-0.05, 0) is 38.3 Å². The van der Waals surface area contributed by atoms with Crippen LogP contribution in [0.1, 0.15) is 39.0 Å². The van der Waals surface area contributed by atoms with Crippen LogP contribution >= 0.6 is 11.6 Å². The van der Waals surface area contributed by atoms with Crippen LogP contribution in [0.2, 0.25) is 5.02 Å². The molecule has 1 N–H and O–H groups in total. The van der Waals surface area contributed by atoms with Gasteiger partial charge in [0.1, 0.15) is 5.82 Å². The highest BCUT2D eigenvalue weighted by molar-refractivity contribution is 6.33. The number of hydrogen-bond acceptors (Lipinski definition) is 2. The first-order chi connectivity index (χ1) is 9.67. The van der Waals surface area contributed by atoms with Gasteiger partial charge in [-0.1, -0.05) is 30.5 Å². The Morgan fingerprint density at radius 3 is 2.80 bits per heavy atom. The zero-order chi connectivity index (χ0) is 14.2. The SMILES string of the molecule is CCOC1CC(Nc2c(F)cccc2Cl)C12CCCC2. The lowest BCUT2D eigenvalue weighted by Crippen LogP contribution is -2.60. The number of benzene rings is 1. The lowest BCUT2D eigenvalue weighted by Gasteiger charge is -2.54. The fourth-order valence-electron chi connectivity index (χ4n) is 3.90. The van der Waals surface area contributed by atoms with Gasteiger partial charge >= 0.3 is 0 Å². The van der Waals surface area contributed by atoms with Crippen molar-refractivity contribution in [3.8, 4) is 0 Å². The lowest BCUT2D eigenvalue weighted by atomic mass is 9.60. The van der Waals surface area contributed by atoms with Gasteiger partial charge in [0.15, 0.2) is 0 Å². The molecule has 3 rings (SSSR count). The summed E-state index contributed by atoms with van der Waals surface area (Å²) in [4.78, 5) is 0. The smallest absolute Gasteiger partial charge is 0.147 e. The summed E-state index contributed by atoms with van der Waals surface area (Å²) in [7, 11) is 0. The van der Waals surface area contributed by atoms with Crippen molar-refractivity contribution in [1.29, 1.82) is 0 Å². The summed E-state index contributed by atoms with van der Waals surface area (Å²) in [6.07, 6.45) is 6.08. The zero-order valence-corrected chi connectivity index (χ0v) is 12.5. The fraction of sp³-hybridized carbons (Fsp3) is 0.625. The van der Waals surface area contributed by atoms with E-state index in [1.807, 2.05) is 6.92 Å². The largest absolute Gasteiger partial charge is 0.378 e. The van der Waals surface area contributed by atoms with Crippen LogP contribution in [-0.4, -0.2) is 18.8 Å². The molecule has 0 bridgehead atoms. The van der Waals surface area contributed by atoms with Gasteiger partial charge in [-0.2, -0.15) is 0 Å². The first kappa shape index (κ1) is 14.2. The van der Waals surface area contributed by atoms with E-state index in [4.69, 9.17) is 16.3 Å². The third-order valence-corrected chi connectivity index (χ3v) is 5.28. The van der Waals surface area contributed by atoms with Crippen LogP contribution in [0.15, 0.2) is 18.2 Å². The maximum absolute atomic E-state index is 13.9. The van der Waals surface area contributed by atoms with Crippen LogP contribution < -0.4 is 5.32 Å². The molecule has 0 saturated heterocycles. The molecule has 4 heteroatoms. The molecule has 2 aliphatic rings. The van der Waals surface area contributed by atoms with Gasteiger partial charge in [0.05, 0.1) is 16.8 Å². The van der Waals surface area contributed by atoms with E-state index in [-0.39, 0.29) is 17.3 Å². The Kier molecular flexibility index (Phi) is 3.91. The summed E-state index contributed by atoms with van der Waals surface area (Å²) in [5, 5.41) is 3.81. The highest BCUT2D eigenvalue weighted by Gasteiger charge is 2.56. The van der Waals surface area contributed by atoms with Crippen molar-refractivity contribution in [2.75, 3.05) is 11.9 Å². The van der Waals surface area contributed by atoms with Crippen LogP contribution in [0.25, 0.3) is 0 Å². The number of nitrogens with one attached hydrogen (secondary N) is 1. The lowest BCUT2D eigenvalue weighted by molar-refractivity contribution is -0.114. The summed E-state index contributed by atoms with van der Waals surface area (Å²) in [5.74, 6) is -0.273.